The quantitative estimate of drug-likeness (QED) is 0.721. The number of hydrogen-bond donors (Lipinski definition) is 1. The van der Waals surface area contributed by atoms with Crippen LogP contribution in [-0.4, -0.2) is 33.1 Å². The minimum atomic E-state index is -0.132. The normalized spacial score (nSPS) is 17.5. The molecule has 3 aromatic rings. The average molecular weight is 368 g/mol. The first kappa shape index (κ1) is 17.3. The van der Waals surface area contributed by atoms with Gasteiger partial charge in [0.1, 0.15) is 11.3 Å². The summed E-state index contributed by atoms with van der Waals surface area (Å²) in [4.78, 5) is 11.3. The van der Waals surface area contributed by atoms with Crippen molar-refractivity contribution in [3.05, 3.63) is 65.1 Å². The number of halogens is 1. The van der Waals surface area contributed by atoms with Crippen LogP contribution in [0, 0.1) is 5.92 Å². The van der Waals surface area contributed by atoms with E-state index in [0.717, 1.165) is 48.5 Å². The van der Waals surface area contributed by atoms with Crippen LogP contribution in [0.15, 0.2) is 48.8 Å². The molecule has 0 aliphatic carbocycles. The summed E-state index contributed by atoms with van der Waals surface area (Å²) >= 11 is 6.54. The molecule has 1 aliphatic heterocycles. The van der Waals surface area contributed by atoms with E-state index in [1.165, 1.54) is 0 Å². The monoisotopic (exact) mass is 367 g/mol. The number of hydrogen-bond acceptors (Lipinski definition) is 4. The molecule has 134 valence electrons. The van der Waals surface area contributed by atoms with Crippen LogP contribution in [0.5, 0.6) is 5.75 Å². The molecule has 2 aromatic heterocycles. The van der Waals surface area contributed by atoms with Gasteiger partial charge in [-0.1, -0.05) is 24.6 Å². The van der Waals surface area contributed by atoms with Gasteiger partial charge < -0.3 is 5.11 Å². The molecule has 26 heavy (non-hydrogen) atoms. The van der Waals surface area contributed by atoms with Gasteiger partial charge in [0, 0.05) is 23.3 Å². The maximum absolute atomic E-state index is 11.0. The molecule has 1 saturated heterocycles. The lowest BCUT2D eigenvalue weighted by molar-refractivity contribution is 0.154. The lowest BCUT2D eigenvalue weighted by Crippen LogP contribution is -2.37. The first-order chi connectivity index (χ1) is 12.6. The van der Waals surface area contributed by atoms with Crippen LogP contribution in [0.1, 0.15) is 37.1 Å². The van der Waals surface area contributed by atoms with Crippen molar-refractivity contribution in [1.29, 1.82) is 0 Å². The molecule has 1 unspecified atom stereocenters. The fourth-order valence-corrected chi connectivity index (χ4v) is 4.05. The Bertz CT molecular complexity index is 908. The summed E-state index contributed by atoms with van der Waals surface area (Å²) in [7, 11) is 0. The molecule has 1 aromatic carbocycles. The molecular formula is C21H22ClN3O. The van der Waals surface area contributed by atoms with E-state index in [2.05, 4.69) is 21.8 Å². The summed E-state index contributed by atoms with van der Waals surface area (Å²) in [5.74, 6) is 0.922. The van der Waals surface area contributed by atoms with Gasteiger partial charge in [-0.25, -0.2) is 0 Å². The number of nitrogens with zero attached hydrogens (tertiary/aromatic N) is 3. The summed E-state index contributed by atoms with van der Waals surface area (Å²) in [5.41, 5.74) is 2.24. The maximum Gasteiger partial charge on any atom is 0.147 e. The average Bonchev–Trinajstić information content (AvgIpc) is 2.68. The Hall–Kier alpha value is -2.17. The minimum Gasteiger partial charge on any atom is -0.505 e. The molecule has 1 aliphatic rings. The second-order valence-electron chi connectivity index (χ2n) is 7.07. The predicted octanol–water partition coefficient (Wildman–Crippen LogP) is 4.81. The number of fused-ring (bicyclic) bond motifs is 1. The lowest BCUT2D eigenvalue weighted by atomic mass is 9.93. The molecule has 0 amide bonds. The van der Waals surface area contributed by atoms with Crippen molar-refractivity contribution in [2.24, 2.45) is 5.92 Å². The standard InChI is InChI=1S/C21H22ClN3O/c1-14-7-11-25(12-8-14)20(18-6-2-3-9-23-18)16-13-17(22)15-5-4-10-24-19(15)21(16)26/h2-6,9-10,13-14,20,26H,7-8,11-12H2,1H3. The summed E-state index contributed by atoms with van der Waals surface area (Å²) in [6.07, 6.45) is 5.76. The van der Waals surface area contributed by atoms with E-state index < -0.39 is 0 Å². The van der Waals surface area contributed by atoms with Crippen molar-refractivity contribution in [3.63, 3.8) is 0 Å². The Morgan fingerprint density at radius 3 is 2.62 bits per heavy atom. The molecule has 4 nitrogen and oxygen atoms in total. The zero-order chi connectivity index (χ0) is 18.1. The van der Waals surface area contributed by atoms with Crippen LogP contribution >= 0.6 is 11.6 Å². The van der Waals surface area contributed by atoms with Gasteiger partial charge in [-0.3, -0.25) is 14.9 Å². The largest absolute Gasteiger partial charge is 0.505 e. The van der Waals surface area contributed by atoms with Gasteiger partial charge in [0.25, 0.3) is 0 Å². The highest BCUT2D eigenvalue weighted by molar-refractivity contribution is 6.35. The topological polar surface area (TPSA) is 49.2 Å². The molecule has 1 fully saturated rings. The Morgan fingerprint density at radius 1 is 1.12 bits per heavy atom. The third-order valence-corrected chi connectivity index (χ3v) is 5.60. The van der Waals surface area contributed by atoms with Crippen LogP contribution in [-0.2, 0) is 0 Å². The maximum atomic E-state index is 11.0. The first-order valence-electron chi connectivity index (χ1n) is 9.06. The molecule has 0 saturated carbocycles. The zero-order valence-corrected chi connectivity index (χ0v) is 15.5. The van der Waals surface area contributed by atoms with Crippen molar-refractivity contribution in [1.82, 2.24) is 14.9 Å². The Balaban J connectivity index is 1.87. The number of benzene rings is 1. The van der Waals surface area contributed by atoms with Gasteiger partial charge >= 0.3 is 0 Å². The summed E-state index contributed by atoms with van der Waals surface area (Å²) in [5, 5.41) is 12.4. The number of aromatic hydroxyl groups is 1. The van der Waals surface area contributed by atoms with Gasteiger partial charge in [-0.05, 0) is 62.2 Å². The molecule has 4 rings (SSSR count). The highest BCUT2D eigenvalue weighted by Crippen LogP contribution is 2.41. The van der Waals surface area contributed by atoms with Crippen LogP contribution in [0.25, 0.3) is 10.9 Å². The van der Waals surface area contributed by atoms with Crippen LogP contribution < -0.4 is 0 Å². The van der Waals surface area contributed by atoms with E-state index in [9.17, 15) is 5.11 Å². The number of phenolic OH excluding ortho intramolecular Hbond substituents is 1. The Morgan fingerprint density at radius 2 is 1.88 bits per heavy atom. The van der Waals surface area contributed by atoms with Gasteiger partial charge in [-0.2, -0.15) is 0 Å². The van der Waals surface area contributed by atoms with E-state index in [1.54, 1.807) is 12.4 Å². The van der Waals surface area contributed by atoms with Crippen molar-refractivity contribution < 1.29 is 5.11 Å². The third kappa shape index (κ3) is 3.15. The number of likely N-dealkylation sites (tertiary alicyclic amines) is 1. The Kier molecular flexibility index (Phi) is 4.79. The molecule has 3 heterocycles. The zero-order valence-electron chi connectivity index (χ0n) is 14.8. The number of pyridine rings is 2. The number of piperidine rings is 1. The van der Waals surface area contributed by atoms with Crippen LogP contribution in [0.3, 0.4) is 0 Å². The first-order valence-corrected chi connectivity index (χ1v) is 9.44. The van der Waals surface area contributed by atoms with Gasteiger partial charge in [0.05, 0.1) is 16.8 Å². The Labute approximate surface area is 158 Å². The summed E-state index contributed by atoms with van der Waals surface area (Å²) in [6.45, 7) is 4.24. The van der Waals surface area contributed by atoms with Crippen molar-refractivity contribution in [2.45, 2.75) is 25.8 Å². The SMILES string of the molecule is CC1CCN(C(c2ccccn2)c2cc(Cl)c3cccnc3c2O)CC1. The second kappa shape index (κ2) is 7.22. The molecule has 1 N–H and O–H groups in total. The molecule has 5 heteroatoms. The van der Waals surface area contributed by atoms with E-state index >= 15 is 0 Å². The van der Waals surface area contributed by atoms with Crippen molar-refractivity contribution >= 4 is 22.5 Å². The van der Waals surface area contributed by atoms with E-state index in [4.69, 9.17) is 11.6 Å². The lowest BCUT2D eigenvalue weighted by Gasteiger charge is -2.37. The van der Waals surface area contributed by atoms with Crippen LogP contribution in [0.4, 0.5) is 0 Å². The number of aromatic nitrogens is 2. The molecule has 0 radical (unpaired) electrons. The molecular weight excluding hydrogens is 346 g/mol. The fraction of sp³-hybridized carbons (Fsp3) is 0.333. The minimum absolute atomic E-state index is 0.132. The highest BCUT2D eigenvalue weighted by Gasteiger charge is 2.30. The summed E-state index contributed by atoms with van der Waals surface area (Å²) < 4.78 is 0. The molecule has 1 atom stereocenters. The molecule has 0 bridgehead atoms. The number of rotatable bonds is 3. The predicted molar refractivity (Wildman–Crippen MR) is 104 cm³/mol. The van der Waals surface area contributed by atoms with Crippen molar-refractivity contribution in [3.8, 4) is 5.75 Å². The van der Waals surface area contributed by atoms with Gasteiger partial charge in [0.2, 0.25) is 0 Å². The van der Waals surface area contributed by atoms with E-state index in [1.807, 2.05) is 36.4 Å². The van der Waals surface area contributed by atoms with Gasteiger partial charge in [-0.15, -0.1) is 0 Å². The van der Waals surface area contributed by atoms with Crippen molar-refractivity contribution in [2.75, 3.05) is 13.1 Å². The smallest absolute Gasteiger partial charge is 0.147 e. The van der Waals surface area contributed by atoms with E-state index in [0.29, 0.717) is 10.5 Å². The molecule has 0 spiro atoms. The second-order valence-corrected chi connectivity index (χ2v) is 7.48. The summed E-state index contributed by atoms with van der Waals surface area (Å²) in [6, 6.07) is 11.4. The van der Waals surface area contributed by atoms with Crippen LogP contribution in [0.2, 0.25) is 5.02 Å². The van der Waals surface area contributed by atoms with Gasteiger partial charge in [0.15, 0.2) is 0 Å². The number of phenols is 1. The fourth-order valence-electron chi connectivity index (χ4n) is 3.78. The van der Waals surface area contributed by atoms with E-state index in [-0.39, 0.29) is 11.8 Å². The highest BCUT2D eigenvalue weighted by atomic mass is 35.5. The third-order valence-electron chi connectivity index (χ3n) is 5.29.